The molecule has 5 aromatic heterocycles. The summed E-state index contributed by atoms with van der Waals surface area (Å²) in [4.78, 5) is 12.6. The van der Waals surface area contributed by atoms with Crippen LogP contribution in [0.3, 0.4) is 0 Å². The number of rotatable bonds is 6. The van der Waals surface area contributed by atoms with Crippen LogP contribution in [0.25, 0.3) is 10.6 Å². The number of hydrogen-bond acceptors (Lipinski definition) is 9. The van der Waals surface area contributed by atoms with E-state index in [2.05, 4.69) is 34.8 Å². The monoisotopic (exact) mass is 490 g/mol. The number of H-pyrrole nitrogens is 3. The molecule has 178 valence electrons. The normalized spacial score (nSPS) is 22.6. The van der Waals surface area contributed by atoms with E-state index in [-0.39, 0.29) is 0 Å². The molecule has 0 spiro atoms. The number of imidazole rings is 1. The number of nitrogens with zero attached hydrogens (tertiary/aromatic N) is 7. The molecular formula is C22H22N10O2S. The molecule has 0 amide bonds. The maximum absolute atomic E-state index is 6.42. The fraction of sp³-hybridized carbons (Fsp3) is 0.182. The Balaban J connectivity index is 1.84. The van der Waals surface area contributed by atoms with Gasteiger partial charge in [-0.05, 0) is 37.1 Å². The fourth-order valence-electron chi connectivity index (χ4n) is 5.76. The predicted octanol–water partition coefficient (Wildman–Crippen LogP) is 4.71. The van der Waals surface area contributed by atoms with Crippen LogP contribution in [0.15, 0.2) is 101 Å². The molecular weight excluding hydrogens is 468 g/mol. The van der Waals surface area contributed by atoms with Gasteiger partial charge in [-0.3, -0.25) is 0 Å². The zero-order valence-corrected chi connectivity index (χ0v) is 19.4. The molecule has 7 rings (SSSR count). The van der Waals surface area contributed by atoms with Crippen molar-refractivity contribution in [1.29, 1.82) is 0 Å². The molecule has 0 aliphatic carbocycles. The highest BCUT2D eigenvalue weighted by molar-refractivity contribution is 8.68. The van der Waals surface area contributed by atoms with E-state index in [0.29, 0.717) is 32.2 Å². The molecule has 0 atom stereocenters. The smallest absolute Gasteiger partial charge is 0.179 e. The number of aromatic amines is 3. The minimum absolute atomic E-state index is 0.517. The first-order chi connectivity index (χ1) is 17.3. The second kappa shape index (κ2) is 6.67. The van der Waals surface area contributed by atoms with Gasteiger partial charge in [0.05, 0.1) is 22.4 Å². The second-order valence-electron chi connectivity index (χ2n) is 8.52. The summed E-state index contributed by atoms with van der Waals surface area (Å²) in [7, 11) is -4.78. The van der Waals surface area contributed by atoms with Crippen LogP contribution in [-0.4, -0.2) is 52.9 Å². The summed E-state index contributed by atoms with van der Waals surface area (Å²) in [5, 5.41) is 22.5. The standard InChI is InChI=1S/C22H22N10O2S/c1-2-12-32(11-1)35(18-5-3-8-23-18,19-6-4-13-33-19,22-24-9-10-25-22)21(16-7-14-34-29-16)20(28-31-35)17-15-26-30-27-17/h3-10,13-15,23H,1-2,11-12H2,(H,24,25)(H,26,27,30). The Kier molecular flexibility index (Phi) is 3.85. The van der Waals surface area contributed by atoms with Gasteiger partial charge in [0.25, 0.3) is 0 Å². The lowest BCUT2D eigenvalue weighted by Crippen LogP contribution is -2.50. The molecule has 0 aromatic carbocycles. The van der Waals surface area contributed by atoms with Crippen LogP contribution in [0.4, 0.5) is 0 Å². The maximum Gasteiger partial charge on any atom is 0.179 e. The molecule has 1 fully saturated rings. The van der Waals surface area contributed by atoms with Crippen LogP contribution >= 0.6 is 8.67 Å². The maximum atomic E-state index is 6.42. The zero-order valence-electron chi connectivity index (χ0n) is 18.5. The van der Waals surface area contributed by atoms with Crippen LogP contribution in [0, 0.1) is 0 Å². The van der Waals surface area contributed by atoms with Crippen molar-refractivity contribution in [2.75, 3.05) is 13.1 Å². The Bertz CT molecular complexity index is 1440. The minimum atomic E-state index is -4.78. The van der Waals surface area contributed by atoms with Crippen molar-refractivity contribution in [2.24, 2.45) is 9.63 Å². The topological polar surface area (TPSA) is 153 Å². The van der Waals surface area contributed by atoms with Gasteiger partial charge in [0.15, 0.2) is 10.2 Å². The van der Waals surface area contributed by atoms with Crippen LogP contribution in [-0.2, 0) is 0 Å². The van der Waals surface area contributed by atoms with Crippen LogP contribution in [0.1, 0.15) is 24.2 Å². The van der Waals surface area contributed by atoms with Crippen molar-refractivity contribution in [3.05, 3.63) is 79.0 Å². The lowest BCUT2D eigenvalue weighted by Gasteiger charge is -2.73. The van der Waals surface area contributed by atoms with Crippen LogP contribution < -0.4 is 0 Å². The van der Waals surface area contributed by atoms with Gasteiger partial charge in [0.2, 0.25) is 0 Å². The average molecular weight is 491 g/mol. The molecule has 12 nitrogen and oxygen atoms in total. The van der Waals surface area contributed by atoms with Crippen LogP contribution in [0.2, 0.25) is 0 Å². The Morgan fingerprint density at radius 3 is 2.57 bits per heavy atom. The summed E-state index contributed by atoms with van der Waals surface area (Å²) in [6.45, 7) is 1.46. The van der Waals surface area contributed by atoms with Gasteiger partial charge in [-0.15, -0.1) is 9.63 Å². The van der Waals surface area contributed by atoms with E-state index in [4.69, 9.17) is 23.6 Å². The highest BCUT2D eigenvalue weighted by Crippen LogP contribution is 3.11. The minimum Gasteiger partial charge on any atom is -0.457 e. The van der Waals surface area contributed by atoms with Gasteiger partial charge in [0.1, 0.15) is 23.3 Å². The molecule has 5 aromatic rings. The molecule has 2 aliphatic heterocycles. The summed E-state index contributed by atoms with van der Waals surface area (Å²) in [6.07, 6.45) is 12.2. The molecule has 1 saturated heterocycles. The van der Waals surface area contributed by atoms with Crippen molar-refractivity contribution >= 4 is 19.3 Å². The first-order valence-electron chi connectivity index (χ1n) is 11.2. The Morgan fingerprint density at radius 2 is 1.91 bits per heavy atom. The number of nitrogens with one attached hydrogen (secondary N) is 3. The van der Waals surface area contributed by atoms with Gasteiger partial charge in [-0.2, -0.15) is 15.4 Å². The highest BCUT2D eigenvalue weighted by atomic mass is 32.4. The van der Waals surface area contributed by atoms with E-state index in [0.717, 1.165) is 31.0 Å². The van der Waals surface area contributed by atoms with Crippen molar-refractivity contribution in [3.63, 3.8) is 0 Å². The summed E-state index contributed by atoms with van der Waals surface area (Å²) >= 11 is 0. The van der Waals surface area contributed by atoms with E-state index < -0.39 is 8.67 Å². The van der Waals surface area contributed by atoms with Gasteiger partial charge in [-0.25, -0.2) is 9.29 Å². The SMILES string of the molecule is c1c[nH]c(S2(c3ncc[nH]3)(c3ccco3)(N3CCCC3)N=NC(c3cn[nH]n3)=C2c2ccon2)c1. The first kappa shape index (κ1) is 20.2. The quantitative estimate of drug-likeness (QED) is 0.311. The number of furan rings is 1. The molecule has 13 heteroatoms. The van der Waals surface area contributed by atoms with Gasteiger partial charge in [-0.1, -0.05) is 5.16 Å². The van der Waals surface area contributed by atoms with Crippen LogP contribution in [0.5, 0.6) is 0 Å². The summed E-state index contributed by atoms with van der Waals surface area (Å²) in [6, 6.07) is 9.61. The Labute approximate surface area is 198 Å². The molecule has 35 heavy (non-hydrogen) atoms. The Hall–Kier alpha value is -4.23. The number of aromatic nitrogens is 7. The largest absolute Gasteiger partial charge is 0.457 e. The predicted molar refractivity (Wildman–Crippen MR) is 126 cm³/mol. The molecule has 3 N–H and O–H groups in total. The Morgan fingerprint density at radius 1 is 0.971 bits per heavy atom. The molecule has 0 saturated carbocycles. The van der Waals surface area contributed by atoms with Gasteiger partial charge in [0, 0.05) is 46.4 Å². The molecule has 2 aliphatic rings. The summed E-state index contributed by atoms with van der Waals surface area (Å²) < 4.78 is 19.6. The van der Waals surface area contributed by atoms with Gasteiger partial charge < -0.3 is 18.9 Å². The van der Waals surface area contributed by atoms with E-state index in [9.17, 15) is 0 Å². The fourth-order valence-corrected chi connectivity index (χ4v) is 13.2. The molecule has 0 bridgehead atoms. The van der Waals surface area contributed by atoms with E-state index in [1.807, 2.05) is 36.5 Å². The molecule has 0 radical (unpaired) electrons. The zero-order chi connectivity index (χ0) is 23.4. The third-order valence-corrected chi connectivity index (χ3v) is 14.2. The van der Waals surface area contributed by atoms with E-state index in [1.54, 1.807) is 31.1 Å². The van der Waals surface area contributed by atoms with Crippen molar-refractivity contribution in [1.82, 2.24) is 39.8 Å². The summed E-state index contributed by atoms with van der Waals surface area (Å²) in [5.41, 5.74) is 1.60. The average Bonchev–Trinajstić information content (AvgIpc) is 3.75. The van der Waals surface area contributed by atoms with Gasteiger partial charge >= 0.3 is 0 Å². The number of hydrogen-bond donors (Lipinski definition) is 3. The third kappa shape index (κ3) is 1.98. The summed E-state index contributed by atoms with van der Waals surface area (Å²) in [5.74, 6) is 0. The third-order valence-electron chi connectivity index (χ3n) is 7.08. The lowest BCUT2D eigenvalue weighted by atomic mass is 10.3. The van der Waals surface area contributed by atoms with Crippen molar-refractivity contribution in [3.8, 4) is 0 Å². The van der Waals surface area contributed by atoms with Crippen molar-refractivity contribution in [2.45, 2.75) is 28.1 Å². The highest BCUT2D eigenvalue weighted by Gasteiger charge is 2.80. The molecule has 0 unspecified atom stereocenters. The van der Waals surface area contributed by atoms with E-state index >= 15 is 0 Å². The van der Waals surface area contributed by atoms with Crippen molar-refractivity contribution < 1.29 is 8.94 Å². The lowest BCUT2D eigenvalue weighted by molar-refractivity contribution is 0.417. The first-order valence-corrected chi connectivity index (χ1v) is 13.6. The van der Waals surface area contributed by atoms with E-state index in [1.165, 1.54) is 0 Å². The second-order valence-corrected chi connectivity index (χ2v) is 13.7. The molecule has 7 heterocycles.